The molecule has 1 rings (SSSR count). The predicted molar refractivity (Wildman–Crippen MR) is 167 cm³/mol. The Morgan fingerprint density at radius 3 is 1.27 bits per heavy atom. The maximum atomic E-state index is 11.2. The van der Waals surface area contributed by atoms with Crippen molar-refractivity contribution in [3.63, 3.8) is 0 Å². The van der Waals surface area contributed by atoms with Crippen LogP contribution in [0.25, 0.3) is 0 Å². The van der Waals surface area contributed by atoms with E-state index in [1.807, 2.05) is 6.07 Å². The van der Waals surface area contributed by atoms with E-state index >= 15 is 0 Å². The summed E-state index contributed by atoms with van der Waals surface area (Å²) in [6.07, 6.45) is 22.8. The van der Waals surface area contributed by atoms with Crippen LogP contribution in [0.1, 0.15) is 175 Å². The Hall–Kier alpha value is -0.980. The van der Waals surface area contributed by atoms with Crippen LogP contribution in [0.4, 0.5) is 0 Å². The van der Waals surface area contributed by atoms with Gasteiger partial charge in [-0.05, 0) is 77.5 Å². The highest BCUT2D eigenvalue weighted by atomic mass is 16.3. The molecule has 0 fully saturated rings. The Kier molecular flexibility index (Phi) is 15.5. The minimum absolute atomic E-state index is 0.208. The number of phenols is 1. The number of unbranched alkanes of at least 4 members (excludes halogenated alkanes) is 9. The van der Waals surface area contributed by atoms with E-state index in [9.17, 15) is 5.11 Å². The third kappa shape index (κ3) is 14.1. The number of hydrogen-bond acceptors (Lipinski definition) is 1. The minimum Gasteiger partial charge on any atom is -0.508 e. The summed E-state index contributed by atoms with van der Waals surface area (Å²) in [6.45, 7) is 21.6. The molecule has 1 aromatic carbocycles. The second-order valence-electron chi connectivity index (χ2n) is 14.7. The predicted octanol–water partition coefficient (Wildman–Crippen LogP) is 12.0. The van der Waals surface area contributed by atoms with Crippen molar-refractivity contribution in [1.29, 1.82) is 0 Å². The molecule has 0 aliphatic rings. The molecule has 0 unspecified atom stereocenters. The molecule has 0 bridgehead atoms. The SMILES string of the molecule is CCCCCCC(C)(C)Cc1ccc(O)c(CC(C)(C)CCCCCC)c1CC(C)(C)CCCCCC. The number of benzene rings is 1. The molecule has 0 heterocycles. The van der Waals surface area contributed by atoms with E-state index in [2.05, 4.69) is 68.4 Å². The fraction of sp³-hybridized carbons (Fsp3) is 0.833. The Morgan fingerprint density at radius 2 is 0.865 bits per heavy atom. The van der Waals surface area contributed by atoms with Gasteiger partial charge in [0.05, 0.1) is 0 Å². The van der Waals surface area contributed by atoms with Gasteiger partial charge in [-0.15, -0.1) is 0 Å². The lowest BCUT2D eigenvalue weighted by Gasteiger charge is -2.33. The van der Waals surface area contributed by atoms with E-state index in [0.717, 1.165) is 19.3 Å². The van der Waals surface area contributed by atoms with E-state index in [0.29, 0.717) is 5.75 Å². The standard InChI is InChI=1S/C36H66O/c1-10-13-16-19-24-34(4,5)27-30-22-23-33(37)32(29-36(8,9)26-21-18-15-12-3)31(30)28-35(6,7)25-20-17-14-11-2/h22-23,37H,10-21,24-29H2,1-9H3. The van der Waals surface area contributed by atoms with E-state index in [4.69, 9.17) is 0 Å². The normalized spacial score (nSPS) is 12.9. The van der Waals surface area contributed by atoms with Crippen molar-refractivity contribution >= 4 is 0 Å². The lowest BCUT2D eigenvalue weighted by molar-refractivity contribution is 0.293. The first-order valence-corrected chi connectivity index (χ1v) is 16.2. The van der Waals surface area contributed by atoms with Crippen LogP contribution >= 0.6 is 0 Å². The van der Waals surface area contributed by atoms with Crippen LogP contribution < -0.4 is 0 Å². The lowest BCUT2D eigenvalue weighted by atomic mass is 9.72. The summed E-state index contributed by atoms with van der Waals surface area (Å²) in [5.41, 5.74) is 4.97. The minimum atomic E-state index is 0.208. The van der Waals surface area contributed by atoms with Crippen LogP contribution in [-0.4, -0.2) is 5.11 Å². The molecule has 216 valence electrons. The average molecular weight is 515 g/mol. The van der Waals surface area contributed by atoms with Crippen molar-refractivity contribution in [2.75, 3.05) is 0 Å². The third-order valence-corrected chi connectivity index (χ3v) is 8.60. The van der Waals surface area contributed by atoms with Crippen LogP contribution in [-0.2, 0) is 19.3 Å². The van der Waals surface area contributed by atoms with Gasteiger partial charge >= 0.3 is 0 Å². The number of phenolic OH excluding ortho intramolecular Hbond substituents is 1. The Bertz CT molecular complexity index is 739. The Labute approximate surface area is 233 Å². The van der Waals surface area contributed by atoms with E-state index in [1.54, 1.807) is 0 Å². The van der Waals surface area contributed by atoms with Crippen LogP contribution in [0.3, 0.4) is 0 Å². The van der Waals surface area contributed by atoms with Gasteiger partial charge in [0.25, 0.3) is 0 Å². The zero-order valence-electron chi connectivity index (χ0n) is 26.8. The molecule has 0 spiro atoms. The first-order chi connectivity index (χ1) is 17.4. The van der Waals surface area contributed by atoms with Gasteiger partial charge in [-0.25, -0.2) is 0 Å². The molecule has 1 heteroatoms. The van der Waals surface area contributed by atoms with E-state index < -0.39 is 0 Å². The van der Waals surface area contributed by atoms with E-state index in [1.165, 1.54) is 113 Å². The van der Waals surface area contributed by atoms with Crippen molar-refractivity contribution < 1.29 is 5.11 Å². The second-order valence-corrected chi connectivity index (χ2v) is 14.7. The number of aromatic hydroxyl groups is 1. The maximum absolute atomic E-state index is 11.2. The molecule has 0 amide bonds. The van der Waals surface area contributed by atoms with Crippen molar-refractivity contribution in [3.05, 3.63) is 28.8 Å². The smallest absolute Gasteiger partial charge is 0.119 e. The van der Waals surface area contributed by atoms with Gasteiger partial charge in [0.15, 0.2) is 0 Å². The monoisotopic (exact) mass is 515 g/mol. The summed E-state index contributed by atoms with van der Waals surface area (Å²) < 4.78 is 0. The molecule has 1 aromatic rings. The van der Waals surface area contributed by atoms with Gasteiger partial charge in [-0.3, -0.25) is 0 Å². The lowest BCUT2D eigenvalue weighted by Crippen LogP contribution is -2.23. The molecule has 1 nitrogen and oxygen atoms in total. The van der Waals surface area contributed by atoms with E-state index in [-0.39, 0.29) is 16.2 Å². The molecular formula is C36H66O. The van der Waals surface area contributed by atoms with Gasteiger partial charge in [0.2, 0.25) is 0 Å². The Morgan fingerprint density at radius 1 is 0.486 bits per heavy atom. The highest BCUT2D eigenvalue weighted by molar-refractivity contribution is 5.46. The highest BCUT2D eigenvalue weighted by Gasteiger charge is 2.29. The first kappa shape index (κ1) is 34.0. The van der Waals surface area contributed by atoms with Gasteiger partial charge < -0.3 is 5.11 Å². The van der Waals surface area contributed by atoms with Crippen molar-refractivity contribution in [2.45, 2.75) is 178 Å². The number of hydrogen-bond donors (Lipinski definition) is 1. The zero-order valence-corrected chi connectivity index (χ0v) is 26.8. The molecule has 0 aliphatic carbocycles. The molecule has 0 aliphatic heterocycles. The topological polar surface area (TPSA) is 20.2 Å². The van der Waals surface area contributed by atoms with Crippen LogP contribution in [0.5, 0.6) is 5.75 Å². The van der Waals surface area contributed by atoms with Gasteiger partial charge in [0, 0.05) is 0 Å². The summed E-state index contributed by atoms with van der Waals surface area (Å²) in [5.74, 6) is 0.530. The highest BCUT2D eigenvalue weighted by Crippen LogP contribution is 2.41. The second kappa shape index (κ2) is 16.9. The Balaban J connectivity index is 3.25. The largest absolute Gasteiger partial charge is 0.508 e. The molecule has 0 radical (unpaired) electrons. The summed E-state index contributed by atoms with van der Waals surface area (Å²) in [6, 6.07) is 4.28. The summed E-state index contributed by atoms with van der Waals surface area (Å²) in [5, 5.41) is 11.2. The molecule has 1 N–H and O–H groups in total. The molecule has 0 aromatic heterocycles. The van der Waals surface area contributed by atoms with Crippen LogP contribution in [0.2, 0.25) is 0 Å². The fourth-order valence-corrected chi connectivity index (χ4v) is 6.14. The average Bonchev–Trinajstić information content (AvgIpc) is 2.81. The van der Waals surface area contributed by atoms with Crippen LogP contribution in [0, 0.1) is 16.2 Å². The van der Waals surface area contributed by atoms with Gasteiger partial charge in [-0.1, -0.05) is 145 Å². The fourth-order valence-electron chi connectivity index (χ4n) is 6.14. The molecule has 0 saturated carbocycles. The van der Waals surface area contributed by atoms with Gasteiger partial charge in [0.1, 0.15) is 5.75 Å². The maximum Gasteiger partial charge on any atom is 0.119 e. The van der Waals surface area contributed by atoms with Crippen molar-refractivity contribution in [1.82, 2.24) is 0 Å². The van der Waals surface area contributed by atoms with Crippen LogP contribution in [0.15, 0.2) is 12.1 Å². The summed E-state index contributed by atoms with van der Waals surface area (Å²) in [4.78, 5) is 0. The zero-order chi connectivity index (χ0) is 28.0. The molecule has 0 saturated heterocycles. The van der Waals surface area contributed by atoms with Gasteiger partial charge in [-0.2, -0.15) is 0 Å². The molecule has 37 heavy (non-hydrogen) atoms. The summed E-state index contributed by atoms with van der Waals surface area (Å²) in [7, 11) is 0. The molecule has 0 atom stereocenters. The first-order valence-electron chi connectivity index (χ1n) is 16.2. The summed E-state index contributed by atoms with van der Waals surface area (Å²) >= 11 is 0. The third-order valence-electron chi connectivity index (χ3n) is 8.60. The molecular weight excluding hydrogens is 448 g/mol. The quantitative estimate of drug-likeness (QED) is 0.162. The van der Waals surface area contributed by atoms with Crippen molar-refractivity contribution in [3.8, 4) is 5.75 Å². The van der Waals surface area contributed by atoms with Crippen molar-refractivity contribution in [2.24, 2.45) is 16.2 Å². The number of rotatable bonds is 21.